The van der Waals surface area contributed by atoms with E-state index >= 15 is 0 Å². The number of hydrogen-bond donors (Lipinski definition) is 0. The van der Waals surface area contributed by atoms with Gasteiger partial charge in [0.2, 0.25) is 10.0 Å². The molecule has 3 aromatic rings. The van der Waals surface area contributed by atoms with Gasteiger partial charge in [0.15, 0.2) is 0 Å². The number of rotatable bonds is 3. The summed E-state index contributed by atoms with van der Waals surface area (Å²) in [4.78, 5) is 10.2. The topological polar surface area (TPSA) is 66.4 Å². The number of aromatic nitrogens is 2. The number of fused-ring (bicyclic) bond motifs is 1. The molecule has 6 nitrogen and oxygen atoms in total. The highest BCUT2D eigenvalue weighted by molar-refractivity contribution is 7.89. The monoisotopic (exact) mass is 424 g/mol. The number of halogens is 3. The van der Waals surface area contributed by atoms with Crippen molar-refractivity contribution in [2.75, 3.05) is 31.1 Å². The third-order valence-electron chi connectivity index (χ3n) is 4.64. The van der Waals surface area contributed by atoms with Crippen molar-refractivity contribution in [2.45, 2.75) is 4.90 Å². The second kappa shape index (κ2) is 7.23. The normalized spacial score (nSPS) is 15.9. The predicted molar refractivity (Wildman–Crippen MR) is 102 cm³/mol. The summed E-state index contributed by atoms with van der Waals surface area (Å²) < 4.78 is 53.9. The van der Waals surface area contributed by atoms with Gasteiger partial charge in [-0.15, -0.1) is 0 Å². The minimum atomic E-state index is -3.79. The van der Waals surface area contributed by atoms with Crippen molar-refractivity contribution >= 4 is 38.3 Å². The number of piperazine rings is 1. The van der Waals surface area contributed by atoms with Gasteiger partial charge in [0.1, 0.15) is 23.8 Å². The average Bonchev–Trinajstić information content (AvgIpc) is 2.69. The molecule has 1 aliphatic rings. The minimum Gasteiger partial charge on any atom is -0.353 e. The van der Waals surface area contributed by atoms with E-state index in [-0.39, 0.29) is 23.0 Å². The standard InChI is InChI=1S/C18H15ClF2N4O2S/c19-15-10-13(2-3-16(15)21)28(26,27)25-7-5-24(6-8-25)18-14-9-12(20)1-4-17(14)22-11-23-18/h1-4,9-11H,5-8H2. The van der Waals surface area contributed by atoms with Gasteiger partial charge in [-0.3, -0.25) is 0 Å². The Morgan fingerprint density at radius 3 is 2.43 bits per heavy atom. The summed E-state index contributed by atoms with van der Waals surface area (Å²) in [5.74, 6) is -0.502. The molecule has 2 aromatic carbocycles. The molecule has 1 saturated heterocycles. The van der Waals surface area contributed by atoms with Crippen LogP contribution in [0.4, 0.5) is 14.6 Å². The zero-order chi connectivity index (χ0) is 19.9. The van der Waals surface area contributed by atoms with Crippen LogP contribution in [0.15, 0.2) is 47.6 Å². The first-order valence-electron chi connectivity index (χ1n) is 8.47. The molecule has 0 amide bonds. The summed E-state index contributed by atoms with van der Waals surface area (Å²) in [7, 11) is -3.79. The first-order valence-corrected chi connectivity index (χ1v) is 10.3. The molecule has 2 heterocycles. The molecular formula is C18H15ClF2N4O2S. The predicted octanol–water partition coefficient (Wildman–Crippen LogP) is 3.07. The molecule has 28 heavy (non-hydrogen) atoms. The Morgan fingerprint density at radius 1 is 0.964 bits per heavy atom. The maximum Gasteiger partial charge on any atom is 0.243 e. The van der Waals surface area contributed by atoms with Crippen molar-refractivity contribution in [3.05, 3.63) is 59.4 Å². The lowest BCUT2D eigenvalue weighted by molar-refractivity contribution is 0.384. The van der Waals surface area contributed by atoms with E-state index < -0.39 is 21.7 Å². The summed E-state index contributed by atoms with van der Waals surface area (Å²) in [6.07, 6.45) is 1.40. The summed E-state index contributed by atoms with van der Waals surface area (Å²) in [5.41, 5.74) is 0.613. The molecule has 0 radical (unpaired) electrons. The molecule has 0 atom stereocenters. The van der Waals surface area contributed by atoms with Crippen LogP contribution in [0.25, 0.3) is 10.9 Å². The quantitative estimate of drug-likeness (QED) is 0.646. The van der Waals surface area contributed by atoms with E-state index in [0.29, 0.717) is 29.8 Å². The molecule has 1 fully saturated rings. The van der Waals surface area contributed by atoms with Gasteiger partial charge >= 0.3 is 0 Å². The largest absolute Gasteiger partial charge is 0.353 e. The second-order valence-electron chi connectivity index (χ2n) is 6.33. The SMILES string of the molecule is O=S(=O)(c1ccc(F)c(Cl)c1)N1CCN(c2ncnc3ccc(F)cc23)CC1. The van der Waals surface area contributed by atoms with E-state index in [9.17, 15) is 17.2 Å². The van der Waals surface area contributed by atoms with Gasteiger partial charge in [-0.2, -0.15) is 4.31 Å². The lowest BCUT2D eigenvalue weighted by Crippen LogP contribution is -2.49. The van der Waals surface area contributed by atoms with E-state index in [1.165, 1.54) is 28.8 Å². The van der Waals surface area contributed by atoms with Crippen molar-refractivity contribution in [3.63, 3.8) is 0 Å². The van der Waals surface area contributed by atoms with E-state index in [1.807, 2.05) is 4.90 Å². The Hall–Kier alpha value is -2.36. The molecule has 4 rings (SSSR count). The molecule has 0 bridgehead atoms. The number of benzene rings is 2. The maximum absolute atomic E-state index is 13.7. The fourth-order valence-electron chi connectivity index (χ4n) is 3.19. The van der Waals surface area contributed by atoms with Crippen molar-refractivity contribution in [3.8, 4) is 0 Å². The van der Waals surface area contributed by atoms with E-state index in [1.54, 1.807) is 6.07 Å². The molecular weight excluding hydrogens is 410 g/mol. The maximum atomic E-state index is 13.7. The number of hydrogen-bond acceptors (Lipinski definition) is 5. The Bertz CT molecular complexity index is 1150. The first-order chi connectivity index (χ1) is 13.4. The fourth-order valence-corrected chi connectivity index (χ4v) is 4.89. The van der Waals surface area contributed by atoms with Gasteiger partial charge in [0.05, 0.1) is 15.4 Å². The van der Waals surface area contributed by atoms with E-state index in [4.69, 9.17) is 11.6 Å². The van der Waals surface area contributed by atoms with E-state index in [2.05, 4.69) is 9.97 Å². The number of anilines is 1. The molecule has 1 aliphatic heterocycles. The van der Waals surface area contributed by atoms with Crippen LogP contribution >= 0.6 is 11.6 Å². The van der Waals surface area contributed by atoms with Crippen LogP contribution in [-0.2, 0) is 10.0 Å². The molecule has 0 saturated carbocycles. The van der Waals surface area contributed by atoms with Crippen LogP contribution in [0, 0.1) is 11.6 Å². The highest BCUT2D eigenvalue weighted by atomic mass is 35.5. The Labute approximate surface area is 165 Å². The highest BCUT2D eigenvalue weighted by Crippen LogP contribution is 2.27. The lowest BCUT2D eigenvalue weighted by Gasteiger charge is -2.35. The molecule has 146 valence electrons. The zero-order valence-corrected chi connectivity index (χ0v) is 16.1. The third kappa shape index (κ3) is 3.41. The Kier molecular flexibility index (Phi) is 4.90. The van der Waals surface area contributed by atoms with E-state index in [0.717, 1.165) is 12.1 Å². The zero-order valence-electron chi connectivity index (χ0n) is 14.5. The van der Waals surface area contributed by atoms with Crippen LogP contribution in [0.2, 0.25) is 5.02 Å². The Balaban J connectivity index is 1.57. The summed E-state index contributed by atoms with van der Waals surface area (Å²) >= 11 is 5.72. The van der Waals surface area contributed by atoms with Crippen molar-refractivity contribution < 1.29 is 17.2 Å². The molecule has 0 N–H and O–H groups in total. The third-order valence-corrected chi connectivity index (χ3v) is 6.83. The van der Waals surface area contributed by atoms with Crippen LogP contribution in [0.1, 0.15) is 0 Å². The summed E-state index contributed by atoms with van der Waals surface area (Å²) in [6, 6.07) is 7.62. The van der Waals surface area contributed by atoms with Gasteiger partial charge in [-0.05, 0) is 36.4 Å². The van der Waals surface area contributed by atoms with Crippen LogP contribution in [-0.4, -0.2) is 48.9 Å². The summed E-state index contributed by atoms with van der Waals surface area (Å²) in [5, 5.41) is 0.332. The van der Waals surface area contributed by atoms with Gasteiger partial charge < -0.3 is 4.90 Å². The van der Waals surface area contributed by atoms with Crippen molar-refractivity contribution in [1.82, 2.24) is 14.3 Å². The average molecular weight is 425 g/mol. The highest BCUT2D eigenvalue weighted by Gasteiger charge is 2.30. The molecule has 0 unspecified atom stereocenters. The lowest BCUT2D eigenvalue weighted by atomic mass is 10.2. The first kappa shape index (κ1) is 19.0. The molecule has 0 aliphatic carbocycles. The van der Waals surface area contributed by atoms with Crippen molar-refractivity contribution in [1.29, 1.82) is 0 Å². The number of nitrogens with zero attached hydrogens (tertiary/aromatic N) is 4. The van der Waals surface area contributed by atoms with Crippen LogP contribution in [0.5, 0.6) is 0 Å². The van der Waals surface area contributed by atoms with Crippen LogP contribution in [0.3, 0.4) is 0 Å². The van der Waals surface area contributed by atoms with Gasteiger partial charge in [0.25, 0.3) is 0 Å². The number of sulfonamides is 1. The Morgan fingerprint density at radius 2 is 1.71 bits per heavy atom. The van der Waals surface area contributed by atoms with Gasteiger partial charge in [-0.25, -0.2) is 27.2 Å². The van der Waals surface area contributed by atoms with Crippen LogP contribution < -0.4 is 4.90 Å². The molecule has 1 aromatic heterocycles. The fraction of sp³-hybridized carbons (Fsp3) is 0.222. The van der Waals surface area contributed by atoms with Gasteiger partial charge in [0, 0.05) is 31.6 Å². The second-order valence-corrected chi connectivity index (χ2v) is 8.67. The molecule has 10 heteroatoms. The minimum absolute atomic E-state index is 0.0538. The van der Waals surface area contributed by atoms with Gasteiger partial charge in [-0.1, -0.05) is 11.6 Å². The smallest absolute Gasteiger partial charge is 0.243 e. The van der Waals surface area contributed by atoms with Crippen molar-refractivity contribution in [2.24, 2.45) is 0 Å². The molecule has 0 spiro atoms. The summed E-state index contributed by atoms with van der Waals surface area (Å²) in [6.45, 7) is 1.16.